The van der Waals surface area contributed by atoms with Crippen LogP contribution in [0.25, 0.3) is 11.1 Å². The zero-order chi connectivity index (χ0) is 17.3. The first kappa shape index (κ1) is 15.2. The van der Waals surface area contributed by atoms with Crippen LogP contribution < -0.4 is 0 Å². The van der Waals surface area contributed by atoms with Crippen molar-refractivity contribution >= 4 is 0 Å². The highest BCUT2D eigenvalue weighted by molar-refractivity contribution is 5.77. The van der Waals surface area contributed by atoms with Crippen molar-refractivity contribution in [2.24, 2.45) is 0 Å². The topological polar surface area (TPSA) is 0 Å². The van der Waals surface area contributed by atoms with Crippen LogP contribution in [-0.2, 0) is 6.42 Å². The molecule has 0 fully saturated rings. The molecule has 124 valence electrons. The Morgan fingerprint density at radius 3 is 1.73 bits per heavy atom. The highest BCUT2D eigenvalue weighted by atomic mass is 14.3. The lowest BCUT2D eigenvalue weighted by atomic mass is 9.84. The summed E-state index contributed by atoms with van der Waals surface area (Å²) in [7, 11) is 0. The van der Waals surface area contributed by atoms with Gasteiger partial charge in [0.2, 0.25) is 0 Å². The summed E-state index contributed by atoms with van der Waals surface area (Å²) in [4.78, 5) is 0. The number of hydrogen-bond donors (Lipinski definition) is 0. The van der Waals surface area contributed by atoms with E-state index in [1.54, 1.807) is 0 Å². The van der Waals surface area contributed by atoms with Crippen molar-refractivity contribution < 1.29 is 0 Å². The molecule has 4 aromatic rings. The lowest BCUT2D eigenvalue weighted by molar-refractivity contribution is 0.973. The first-order valence-corrected chi connectivity index (χ1v) is 9.21. The van der Waals surface area contributed by atoms with E-state index in [2.05, 4.69) is 103 Å². The summed E-state index contributed by atoms with van der Waals surface area (Å²) in [6.07, 6.45) is 1.04. The summed E-state index contributed by atoms with van der Waals surface area (Å²) < 4.78 is 0. The summed E-state index contributed by atoms with van der Waals surface area (Å²) in [5.74, 6) is 0.270. The van der Waals surface area contributed by atoms with Crippen LogP contribution in [0.3, 0.4) is 0 Å². The maximum atomic E-state index is 2.42. The van der Waals surface area contributed by atoms with E-state index in [9.17, 15) is 0 Å². The predicted octanol–water partition coefficient (Wildman–Crippen LogP) is 6.44. The Kier molecular flexibility index (Phi) is 3.68. The summed E-state index contributed by atoms with van der Waals surface area (Å²) in [6.45, 7) is 0. The predicted molar refractivity (Wildman–Crippen MR) is 109 cm³/mol. The van der Waals surface area contributed by atoms with Crippen molar-refractivity contribution in [3.8, 4) is 11.1 Å². The molecule has 0 heterocycles. The van der Waals surface area contributed by atoms with Crippen molar-refractivity contribution in [2.45, 2.75) is 12.3 Å². The molecule has 0 heteroatoms. The Hall–Kier alpha value is -3.12. The molecule has 0 saturated heterocycles. The normalized spacial score (nSPS) is 12.0. The second-order valence-corrected chi connectivity index (χ2v) is 7.00. The van der Waals surface area contributed by atoms with Gasteiger partial charge in [0.25, 0.3) is 0 Å². The molecule has 0 atom stereocenters. The molecule has 0 aromatic heterocycles. The van der Waals surface area contributed by atoms with Crippen molar-refractivity contribution in [1.29, 1.82) is 0 Å². The molecular weight excluding hydrogens is 312 g/mol. The van der Waals surface area contributed by atoms with Gasteiger partial charge in [-0.3, -0.25) is 0 Å². The van der Waals surface area contributed by atoms with Crippen LogP contribution in [0.2, 0.25) is 0 Å². The third kappa shape index (κ3) is 2.55. The van der Waals surface area contributed by atoms with E-state index in [1.807, 2.05) is 0 Å². The summed E-state index contributed by atoms with van der Waals surface area (Å²) in [5, 5.41) is 0. The highest BCUT2D eigenvalue weighted by Gasteiger charge is 2.22. The molecule has 0 bridgehead atoms. The monoisotopic (exact) mass is 332 g/mol. The Morgan fingerprint density at radius 2 is 1.04 bits per heavy atom. The molecule has 0 radical (unpaired) electrons. The van der Waals surface area contributed by atoms with Gasteiger partial charge in [0.05, 0.1) is 0 Å². The molecule has 4 aromatic carbocycles. The zero-order valence-corrected chi connectivity index (χ0v) is 14.6. The van der Waals surface area contributed by atoms with Gasteiger partial charge >= 0.3 is 0 Å². The van der Waals surface area contributed by atoms with Gasteiger partial charge in [0, 0.05) is 5.92 Å². The maximum absolute atomic E-state index is 2.42. The summed E-state index contributed by atoms with van der Waals surface area (Å²) in [5.41, 5.74) is 9.72. The van der Waals surface area contributed by atoms with Gasteiger partial charge in [-0.05, 0) is 45.4 Å². The van der Waals surface area contributed by atoms with Gasteiger partial charge in [0.1, 0.15) is 0 Å². The summed E-state index contributed by atoms with van der Waals surface area (Å²) >= 11 is 0. The zero-order valence-electron chi connectivity index (χ0n) is 14.6. The first-order valence-electron chi connectivity index (χ1n) is 9.21. The van der Waals surface area contributed by atoms with Gasteiger partial charge in [-0.25, -0.2) is 0 Å². The van der Waals surface area contributed by atoms with Crippen molar-refractivity contribution in [3.05, 3.63) is 131 Å². The Morgan fingerprint density at radius 1 is 0.462 bits per heavy atom. The fourth-order valence-corrected chi connectivity index (χ4v) is 4.21. The Bertz CT molecular complexity index is 1010. The molecular formula is C26H20. The van der Waals surface area contributed by atoms with Crippen LogP contribution >= 0.6 is 0 Å². The fraction of sp³-hybridized carbons (Fsp3) is 0.0769. The SMILES string of the molecule is c1ccc(C(c2ccccc2)c2ccc3c(c2)Cc2ccccc2-3)cc1. The smallest absolute Gasteiger partial charge is 0.0340 e. The lowest BCUT2D eigenvalue weighted by Crippen LogP contribution is -2.03. The van der Waals surface area contributed by atoms with E-state index in [1.165, 1.54) is 38.9 Å². The second kappa shape index (κ2) is 6.31. The molecule has 0 unspecified atom stereocenters. The molecule has 0 amide bonds. The maximum Gasteiger partial charge on any atom is 0.0340 e. The van der Waals surface area contributed by atoms with E-state index in [0.29, 0.717) is 0 Å². The first-order chi connectivity index (χ1) is 12.9. The minimum atomic E-state index is 0.270. The standard InChI is InChI=1S/C26H20/c1-3-9-19(10-4-1)26(20-11-5-2-6-12-20)22-15-16-25-23(18-22)17-21-13-7-8-14-24(21)25/h1-16,18,26H,17H2. The van der Waals surface area contributed by atoms with Crippen LogP contribution in [-0.4, -0.2) is 0 Å². The number of rotatable bonds is 3. The number of fused-ring (bicyclic) bond motifs is 3. The van der Waals surface area contributed by atoms with E-state index in [4.69, 9.17) is 0 Å². The molecule has 5 rings (SSSR count). The third-order valence-corrected chi connectivity index (χ3v) is 5.42. The van der Waals surface area contributed by atoms with Crippen molar-refractivity contribution in [2.75, 3.05) is 0 Å². The van der Waals surface area contributed by atoms with Crippen LogP contribution in [0.15, 0.2) is 103 Å². The molecule has 0 spiro atoms. The van der Waals surface area contributed by atoms with Crippen LogP contribution in [0.4, 0.5) is 0 Å². The molecule has 0 aliphatic heterocycles. The van der Waals surface area contributed by atoms with Crippen LogP contribution in [0, 0.1) is 0 Å². The van der Waals surface area contributed by atoms with Gasteiger partial charge < -0.3 is 0 Å². The van der Waals surface area contributed by atoms with E-state index in [0.717, 1.165) is 6.42 Å². The Balaban J connectivity index is 1.64. The highest BCUT2D eigenvalue weighted by Crippen LogP contribution is 2.40. The minimum Gasteiger partial charge on any atom is -0.0622 e. The van der Waals surface area contributed by atoms with E-state index < -0.39 is 0 Å². The van der Waals surface area contributed by atoms with Gasteiger partial charge in [-0.2, -0.15) is 0 Å². The molecule has 0 nitrogen and oxygen atoms in total. The average Bonchev–Trinajstić information content (AvgIpc) is 3.08. The fourth-order valence-electron chi connectivity index (χ4n) is 4.21. The second-order valence-electron chi connectivity index (χ2n) is 7.00. The van der Waals surface area contributed by atoms with E-state index in [-0.39, 0.29) is 5.92 Å². The van der Waals surface area contributed by atoms with Gasteiger partial charge in [0.15, 0.2) is 0 Å². The molecule has 0 saturated carbocycles. The van der Waals surface area contributed by atoms with Crippen LogP contribution in [0.5, 0.6) is 0 Å². The molecule has 0 N–H and O–H groups in total. The average molecular weight is 332 g/mol. The molecule has 26 heavy (non-hydrogen) atoms. The van der Waals surface area contributed by atoms with Gasteiger partial charge in [-0.15, -0.1) is 0 Å². The number of benzene rings is 4. The Labute approximate surface area is 154 Å². The summed E-state index contributed by atoms with van der Waals surface area (Å²) in [6, 6.07) is 37.5. The largest absolute Gasteiger partial charge is 0.0622 e. The molecule has 1 aliphatic carbocycles. The molecule has 1 aliphatic rings. The van der Waals surface area contributed by atoms with Gasteiger partial charge in [-0.1, -0.05) is 103 Å². The quantitative estimate of drug-likeness (QED) is 0.334. The van der Waals surface area contributed by atoms with Crippen molar-refractivity contribution in [1.82, 2.24) is 0 Å². The number of hydrogen-bond acceptors (Lipinski definition) is 0. The van der Waals surface area contributed by atoms with Crippen LogP contribution in [0.1, 0.15) is 33.7 Å². The third-order valence-electron chi connectivity index (χ3n) is 5.42. The lowest BCUT2D eigenvalue weighted by Gasteiger charge is -2.20. The minimum absolute atomic E-state index is 0.270. The van der Waals surface area contributed by atoms with Crippen molar-refractivity contribution in [3.63, 3.8) is 0 Å². The van der Waals surface area contributed by atoms with E-state index >= 15 is 0 Å².